The zero-order chi connectivity index (χ0) is 20.4. The van der Waals surface area contributed by atoms with Crippen LogP contribution in [-0.2, 0) is 16.0 Å². The zero-order valence-electron chi connectivity index (χ0n) is 16.2. The number of carbonyl (C=O) groups is 3. The number of hydrogen-bond acceptors (Lipinski definition) is 4. The van der Waals surface area contributed by atoms with E-state index in [1.165, 1.54) is 7.05 Å². The van der Waals surface area contributed by atoms with Crippen molar-refractivity contribution in [2.24, 2.45) is 11.8 Å². The summed E-state index contributed by atoms with van der Waals surface area (Å²) >= 11 is 0. The first-order valence-electron chi connectivity index (χ1n) is 8.88. The van der Waals surface area contributed by atoms with Crippen LogP contribution in [0.15, 0.2) is 24.3 Å². The van der Waals surface area contributed by atoms with Crippen molar-refractivity contribution in [3.8, 4) is 5.75 Å². The smallest absolute Gasteiger partial charge is 0.404 e. The molecule has 0 bridgehead atoms. The largest absolute Gasteiger partial charge is 0.497 e. The Morgan fingerprint density at radius 1 is 1.11 bits per heavy atom. The van der Waals surface area contributed by atoms with Crippen LogP contribution < -0.4 is 20.7 Å². The molecule has 0 aliphatic carbocycles. The molecule has 0 saturated heterocycles. The predicted molar refractivity (Wildman–Crippen MR) is 102 cm³/mol. The Morgan fingerprint density at radius 3 is 2.22 bits per heavy atom. The van der Waals surface area contributed by atoms with E-state index in [4.69, 9.17) is 9.84 Å². The van der Waals surface area contributed by atoms with Gasteiger partial charge in [-0.3, -0.25) is 9.59 Å². The van der Waals surface area contributed by atoms with Gasteiger partial charge in [0.25, 0.3) is 0 Å². The molecule has 0 unspecified atom stereocenters. The van der Waals surface area contributed by atoms with E-state index in [1.807, 2.05) is 26.0 Å². The number of hydrogen-bond donors (Lipinski definition) is 4. The highest BCUT2D eigenvalue weighted by Crippen LogP contribution is 2.15. The van der Waals surface area contributed by atoms with Gasteiger partial charge in [-0.25, -0.2) is 4.79 Å². The Labute approximate surface area is 159 Å². The minimum Gasteiger partial charge on any atom is -0.497 e. The van der Waals surface area contributed by atoms with Gasteiger partial charge in [-0.15, -0.1) is 0 Å². The minimum atomic E-state index is -1.18. The first kappa shape index (κ1) is 22.3. The summed E-state index contributed by atoms with van der Waals surface area (Å²) in [5.74, 6) is -0.301. The molecule has 0 radical (unpaired) electrons. The lowest BCUT2D eigenvalue weighted by Gasteiger charge is -2.23. The third-order valence-electron chi connectivity index (χ3n) is 4.10. The van der Waals surface area contributed by atoms with E-state index in [1.54, 1.807) is 19.2 Å². The molecule has 1 aromatic carbocycles. The van der Waals surface area contributed by atoms with E-state index < -0.39 is 18.1 Å². The molecule has 27 heavy (non-hydrogen) atoms. The van der Waals surface area contributed by atoms with Crippen LogP contribution in [0.3, 0.4) is 0 Å². The fourth-order valence-electron chi connectivity index (χ4n) is 2.73. The fraction of sp³-hybridized carbons (Fsp3) is 0.526. The minimum absolute atomic E-state index is 0.00233. The van der Waals surface area contributed by atoms with Crippen LogP contribution in [0.1, 0.15) is 25.8 Å². The molecule has 0 aromatic heterocycles. The summed E-state index contributed by atoms with van der Waals surface area (Å²) in [6, 6.07) is 6.49. The molecule has 0 fully saturated rings. The van der Waals surface area contributed by atoms with Gasteiger partial charge in [-0.05, 0) is 30.0 Å². The quantitative estimate of drug-likeness (QED) is 0.490. The molecule has 0 spiro atoms. The Bertz CT molecular complexity index is 631. The van der Waals surface area contributed by atoms with E-state index in [2.05, 4.69) is 16.0 Å². The van der Waals surface area contributed by atoms with Crippen molar-refractivity contribution in [3.63, 3.8) is 0 Å². The average molecular weight is 379 g/mol. The summed E-state index contributed by atoms with van der Waals surface area (Å²) in [4.78, 5) is 35.7. The van der Waals surface area contributed by atoms with Crippen LogP contribution in [0.4, 0.5) is 4.79 Å². The molecule has 150 valence electrons. The number of rotatable bonds is 10. The summed E-state index contributed by atoms with van der Waals surface area (Å²) in [6.45, 7) is 3.91. The second-order valence-electron chi connectivity index (χ2n) is 6.74. The average Bonchev–Trinajstić information content (AvgIpc) is 2.63. The molecule has 3 amide bonds. The Hall–Kier alpha value is -2.77. The van der Waals surface area contributed by atoms with Gasteiger partial charge in [0.1, 0.15) is 11.8 Å². The van der Waals surface area contributed by atoms with Gasteiger partial charge in [0, 0.05) is 20.0 Å². The first-order valence-corrected chi connectivity index (χ1v) is 8.88. The molecule has 1 rings (SSSR count). The molecule has 0 aliphatic rings. The van der Waals surface area contributed by atoms with E-state index in [0.29, 0.717) is 18.6 Å². The van der Waals surface area contributed by atoms with Crippen LogP contribution in [0.25, 0.3) is 0 Å². The number of carboxylic acid groups (broad SMARTS) is 1. The highest BCUT2D eigenvalue weighted by Gasteiger charge is 2.26. The third-order valence-corrected chi connectivity index (χ3v) is 4.10. The van der Waals surface area contributed by atoms with Gasteiger partial charge in [-0.1, -0.05) is 26.0 Å². The van der Waals surface area contributed by atoms with Crippen molar-refractivity contribution in [1.82, 2.24) is 16.0 Å². The summed E-state index contributed by atoms with van der Waals surface area (Å²) in [7, 11) is 3.08. The van der Waals surface area contributed by atoms with Crippen LogP contribution in [-0.4, -0.2) is 49.8 Å². The van der Waals surface area contributed by atoms with E-state index in [-0.39, 0.29) is 24.3 Å². The maximum absolute atomic E-state index is 12.7. The van der Waals surface area contributed by atoms with E-state index in [0.717, 1.165) is 5.56 Å². The summed E-state index contributed by atoms with van der Waals surface area (Å²) in [5, 5.41) is 16.4. The zero-order valence-corrected chi connectivity index (χ0v) is 16.2. The van der Waals surface area contributed by atoms with Crippen molar-refractivity contribution in [2.75, 3.05) is 20.7 Å². The van der Waals surface area contributed by atoms with Crippen LogP contribution in [0.2, 0.25) is 0 Å². The van der Waals surface area contributed by atoms with Crippen LogP contribution in [0, 0.1) is 11.8 Å². The summed E-state index contributed by atoms with van der Waals surface area (Å²) < 4.78 is 5.12. The monoisotopic (exact) mass is 379 g/mol. The lowest BCUT2D eigenvalue weighted by molar-refractivity contribution is -0.131. The molecule has 8 heteroatoms. The highest BCUT2D eigenvalue weighted by atomic mass is 16.5. The van der Waals surface area contributed by atoms with Crippen molar-refractivity contribution in [2.45, 2.75) is 32.7 Å². The number of likely N-dealkylation sites (N-methyl/N-ethyl adjacent to an activating group) is 1. The van der Waals surface area contributed by atoms with Gasteiger partial charge in [-0.2, -0.15) is 0 Å². The molecule has 4 N–H and O–H groups in total. The van der Waals surface area contributed by atoms with Gasteiger partial charge < -0.3 is 25.8 Å². The molecule has 1 aromatic rings. The number of benzene rings is 1. The maximum Gasteiger partial charge on any atom is 0.404 e. The van der Waals surface area contributed by atoms with Crippen molar-refractivity contribution in [1.29, 1.82) is 0 Å². The Balaban J connectivity index is 2.86. The van der Waals surface area contributed by atoms with E-state index >= 15 is 0 Å². The molecule has 0 saturated carbocycles. The number of methoxy groups -OCH3 is 1. The van der Waals surface area contributed by atoms with Crippen molar-refractivity contribution >= 4 is 17.9 Å². The number of nitrogens with one attached hydrogen (secondary N) is 3. The number of amides is 3. The lowest BCUT2D eigenvalue weighted by atomic mass is 9.95. The molecule has 0 aliphatic heterocycles. The van der Waals surface area contributed by atoms with Gasteiger partial charge in [0.05, 0.1) is 13.0 Å². The topological polar surface area (TPSA) is 117 Å². The molecule has 2 atom stereocenters. The standard InChI is InChI=1S/C19H29N3O5/c1-12(2)9-14(11-21-19(25)26)17(23)22-16(18(24)20-3)10-13-5-7-15(27-4)8-6-13/h5-8,12,14,16,21H,9-11H2,1-4H3,(H,20,24)(H,22,23)(H,25,26)/t14-,16+/m1/s1. The van der Waals surface area contributed by atoms with Crippen LogP contribution >= 0.6 is 0 Å². The second-order valence-corrected chi connectivity index (χ2v) is 6.74. The van der Waals surface area contributed by atoms with Gasteiger partial charge >= 0.3 is 6.09 Å². The van der Waals surface area contributed by atoms with E-state index in [9.17, 15) is 14.4 Å². The predicted octanol–water partition coefficient (Wildman–Crippen LogP) is 1.40. The molecular formula is C19H29N3O5. The molecule has 8 nitrogen and oxygen atoms in total. The molecular weight excluding hydrogens is 350 g/mol. The van der Waals surface area contributed by atoms with Crippen LogP contribution in [0.5, 0.6) is 5.75 Å². The normalized spacial score (nSPS) is 12.8. The lowest BCUT2D eigenvalue weighted by Crippen LogP contribution is -2.50. The molecule has 0 heterocycles. The van der Waals surface area contributed by atoms with Gasteiger partial charge in [0.2, 0.25) is 11.8 Å². The van der Waals surface area contributed by atoms with Crippen molar-refractivity contribution < 1.29 is 24.2 Å². The first-order chi connectivity index (χ1) is 12.8. The Kier molecular flexibility index (Phi) is 9.12. The van der Waals surface area contributed by atoms with Gasteiger partial charge in [0.15, 0.2) is 0 Å². The Morgan fingerprint density at radius 2 is 1.74 bits per heavy atom. The summed E-state index contributed by atoms with van der Waals surface area (Å²) in [5.41, 5.74) is 0.869. The second kappa shape index (κ2) is 11.1. The highest BCUT2D eigenvalue weighted by molar-refractivity contribution is 5.88. The number of ether oxygens (including phenoxy) is 1. The SMILES string of the molecule is CNC(=O)[C@H](Cc1ccc(OC)cc1)NC(=O)[C@@H](CNC(=O)O)CC(C)C. The maximum atomic E-state index is 12.7. The fourth-order valence-corrected chi connectivity index (χ4v) is 2.73. The summed E-state index contributed by atoms with van der Waals surface area (Å²) in [6.07, 6.45) is -0.358. The number of carbonyl (C=O) groups excluding carboxylic acids is 2. The third kappa shape index (κ3) is 7.98. The van der Waals surface area contributed by atoms with Crippen molar-refractivity contribution in [3.05, 3.63) is 29.8 Å².